The normalized spacial score (nSPS) is 10.4. The third kappa shape index (κ3) is 1.44. The number of hydrogen-bond acceptors (Lipinski definition) is 3. The molecule has 1 aromatic heterocycles. The highest BCUT2D eigenvalue weighted by atomic mass is 32.2. The minimum absolute atomic E-state index is 0.693. The molecule has 0 fully saturated rings. The van der Waals surface area contributed by atoms with E-state index in [9.17, 15) is 0 Å². The molecule has 0 saturated heterocycles. The van der Waals surface area contributed by atoms with Crippen molar-refractivity contribution in [3.8, 4) is 5.88 Å². The zero-order valence-electron chi connectivity index (χ0n) is 8.15. The van der Waals surface area contributed by atoms with Gasteiger partial charge in [0, 0.05) is 21.9 Å². The van der Waals surface area contributed by atoms with E-state index in [0.29, 0.717) is 5.88 Å². The van der Waals surface area contributed by atoms with Crippen LogP contribution < -0.4 is 4.74 Å². The molecular weight excluding hydrogens is 194 g/mol. The largest absolute Gasteiger partial charge is 0.481 e. The lowest BCUT2D eigenvalue weighted by Crippen LogP contribution is -1.89. The van der Waals surface area contributed by atoms with Crippen molar-refractivity contribution in [3.05, 3.63) is 30.5 Å². The predicted octanol–water partition coefficient (Wildman–Crippen LogP) is 2.97. The predicted molar refractivity (Wildman–Crippen MR) is 60.1 cm³/mol. The van der Waals surface area contributed by atoms with Crippen LogP contribution in [0.2, 0.25) is 0 Å². The van der Waals surface area contributed by atoms with E-state index in [4.69, 9.17) is 4.74 Å². The van der Waals surface area contributed by atoms with E-state index in [1.54, 1.807) is 18.9 Å². The highest BCUT2D eigenvalue weighted by Crippen LogP contribution is 2.30. The number of hydrogen-bond donors (Lipinski definition) is 0. The summed E-state index contributed by atoms with van der Waals surface area (Å²) in [6.07, 6.45) is 3.90. The Bertz CT molecular complexity index is 413. The maximum absolute atomic E-state index is 5.21. The zero-order valence-corrected chi connectivity index (χ0v) is 8.97. The molecule has 0 N–H and O–H groups in total. The zero-order chi connectivity index (χ0) is 9.97. The SMILES string of the molecule is COc1ncc(SC)c2ccccc12. The summed E-state index contributed by atoms with van der Waals surface area (Å²) in [5, 5.41) is 2.27. The number of methoxy groups -OCH3 is 1. The molecular formula is C11H11NOS. The van der Waals surface area contributed by atoms with Gasteiger partial charge in [-0.15, -0.1) is 11.8 Å². The van der Waals surface area contributed by atoms with E-state index >= 15 is 0 Å². The van der Waals surface area contributed by atoms with E-state index in [2.05, 4.69) is 17.3 Å². The second-order valence-electron chi connectivity index (χ2n) is 2.88. The van der Waals surface area contributed by atoms with Crippen molar-refractivity contribution in [2.24, 2.45) is 0 Å². The highest BCUT2D eigenvalue weighted by Gasteiger charge is 2.05. The molecule has 0 aliphatic heterocycles. The molecule has 0 spiro atoms. The van der Waals surface area contributed by atoms with Crippen molar-refractivity contribution in [1.82, 2.24) is 4.98 Å². The van der Waals surface area contributed by atoms with Crippen molar-refractivity contribution in [3.63, 3.8) is 0 Å². The number of aromatic nitrogens is 1. The van der Waals surface area contributed by atoms with E-state index in [1.807, 2.05) is 24.4 Å². The molecule has 0 unspecified atom stereocenters. The van der Waals surface area contributed by atoms with Crippen LogP contribution in [0.15, 0.2) is 35.4 Å². The number of rotatable bonds is 2. The Morgan fingerprint density at radius 2 is 1.93 bits per heavy atom. The van der Waals surface area contributed by atoms with Gasteiger partial charge in [-0.2, -0.15) is 0 Å². The summed E-state index contributed by atoms with van der Waals surface area (Å²) >= 11 is 1.70. The van der Waals surface area contributed by atoms with Gasteiger partial charge in [0.25, 0.3) is 0 Å². The second-order valence-corrected chi connectivity index (χ2v) is 3.73. The van der Waals surface area contributed by atoms with Gasteiger partial charge in [-0.1, -0.05) is 18.2 Å². The molecule has 0 radical (unpaired) electrons. The van der Waals surface area contributed by atoms with Gasteiger partial charge < -0.3 is 4.74 Å². The van der Waals surface area contributed by atoms with Crippen molar-refractivity contribution >= 4 is 22.5 Å². The maximum atomic E-state index is 5.21. The molecule has 14 heavy (non-hydrogen) atoms. The van der Waals surface area contributed by atoms with Gasteiger partial charge in [0.1, 0.15) is 0 Å². The lowest BCUT2D eigenvalue weighted by Gasteiger charge is -2.06. The fraction of sp³-hybridized carbons (Fsp3) is 0.182. The van der Waals surface area contributed by atoms with Crippen LogP contribution in [0.5, 0.6) is 5.88 Å². The monoisotopic (exact) mass is 205 g/mol. The summed E-state index contributed by atoms with van der Waals surface area (Å²) in [7, 11) is 1.65. The van der Waals surface area contributed by atoms with E-state index in [-0.39, 0.29) is 0 Å². The number of pyridine rings is 1. The molecule has 72 valence electrons. The molecule has 0 saturated carbocycles. The molecule has 3 heteroatoms. The average molecular weight is 205 g/mol. The van der Waals surface area contributed by atoms with Gasteiger partial charge in [0.15, 0.2) is 0 Å². The Morgan fingerprint density at radius 3 is 2.57 bits per heavy atom. The molecule has 0 aliphatic carbocycles. The summed E-state index contributed by atoms with van der Waals surface area (Å²) in [6, 6.07) is 8.14. The summed E-state index contributed by atoms with van der Waals surface area (Å²) in [4.78, 5) is 5.43. The van der Waals surface area contributed by atoms with Gasteiger partial charge in [-0.05, 0) is 12.3 Å². The first kappa shape index (κ1) is 9.34. The van der Waals surface area contributed by atoms with Crippen LogP contribution in [0.1, 0.15) is 0 Å². The van der Waals surface area contributed by atoms with Gasteiger partial charge in [-0.25, -0.2) is 4.98 Å². The summed E-state index contributed by atoms with van der Waals surface area (Å²) in [6.45, 7) is 0. The first-order valence-electron chi connectivity index (χ1n) is 4.32. The molecule has 0 amide bonds. The lowest BCUT2D eigenvalue weighted by atomic mass is 10.2. The van der Waals surface area contributed by atoms with Crippen LogP contribution in [0.25, 0.3) is 10.8 Å². The maximum Gasteiger partial charge on any atom is 0.221 e. The van der Waals surface area contributed by atoms with Crippen LogP contribution in [0, 0.1) is 0 Å². The Hall–Kier alpha value is -1.22. The summed E-state index contributed by atoms with van der Waals surface area (Å²) in [5.41, 5.74) is 0. The van der Waals surface area contributed by atoms with E-state index < -0.39 is 0 Å². The topological polar surface area (TPSA) is 22.1 Å². The third-order valence-electron chi connectivity index (χ3n) is 2.14. The highest BCUT2D eigenvalue weighted by molar-refractivity contribution is 7.98. The van der Waals surface area contributed by atoms with Gasteiger partial charge in [0.2, 0.25) is 5.88 Å². The molecule has 1 heterocycles. The van der Waals surface area contributed by atoms with Crippen LogP contribution in [0.4, 0.5) is 0 Å². The van der Waals surface area contributed by atoms with E-state index in [1.165, 1.54) is 10.3 Å². The number of nitrogens with zero attached hydrogens (tertiary/aromatic N) is 1. The number of thioether (sulfide) groups is 1. The number of ether oxygens (including phenoxy) is 1. The molecule has 0 atom stereocenters. The molecule has 2 nitrogen and oxygen atoms in total. The molecule has 0 bridgehead atoms. The van der Waals surface area contributed by atoms with Crippen LogP contribution in [-0.4, -0.2) is 18.3 Å². The Kier molecular flexibility index (Phi) is 2.59. The fourth-order valence-corrected chi connectivity index (χ4v) is 2.02. The number of fused-ring (bicyclic) bond motifs is 1. The van der Waals surface area contributed by atoms with Crippen molar-refractivity contribution in [1.29, 1.82) is 0 Å². The molecule has 0 aliphatic rings. The smallest absolute Gasteiger partial charge is 0.221 e. The van der Waals surface area contributed by atoms with Crippen molar-refractivity contribution in [2.45, 2.75) is 4.90 Å². The Labute approximate surface area is 87.3 Å². The lowest BCUT2D eigenvalue weighted by molar-refractivity contribution is 0.403. The summed E-state index contributed by atoms with van der Waals surface area (Å²) in [5.74, 6) is 0.693. The Morgan fingerprint density at radius 1 is 1.21 bits per heavy atom. The molecule has 2 aromatic rings. The van der Waals surface area contributed by atoms with Crippen molar-refractivity contribution < 1.29 is 4.74 Å². The minimum atomic E-state index is 0.693. The average Bonchev–Trinajstić information content (AvgIpc) is 2.27. The van der Waals surface area contributed by atoms with Crippen LogP contribution in [0.3, 0.4) is 0 Å². The second kappa shape index (κ2) is 3.88. The first-order chi connectivity index (χ1) is 6.86. The van der Waals surface area contributed by atoms with Crippen molar-refractivity contribution in [2.75, 3.05) is 13.4 Å². The van der Waals surface area contributed by atoms with Crippen LogP contribution in [-0.2, 0) is 0 Å². The summed E-state index contributed by atoms with van der Waals surface area (Å²) < 4.78 is 5.21. The van der Waals surface area contributed by atoms with Gasteiger partial charge in [-0.3, -0.25) is 0 Å². The van der Waals surface area contributed by atoms with Gasteiger partial charge >= 0.3 is 0 Å². The van der Waals surface area contributed by atoms with Crippen LogP contribution >= 0.6 is 11.8 Å². The van der Waals surface area contributed by atoms with Gasteiger partial charge in [0.05, 0.1) is 7.11 Å². The molecule has 2 rings (SSSR count). The van der Waals surface area contributed by atoms with E-state index in [0.717, 1.165) is 5.39 Å². The Balaban J connectivity index is 2.78. The first-order valence-corrected chi connectivity index (χ1v) is 5.55. The minimum Gasteiger partial charge on any atom is -0.481 e. The number of benzene rings is 1. The quantitative estimate of drug-likeness (QED) is 0.704. The fourth-order valence-electron chi connectivity index (χ4n) is 1.47. The molecule has 1 aromatic carbocycles. The standard InChI is InChI=1S/C11H11NOS/c1-13-11-9-6-4-3-5-8(9)10(14-2)7-12-11/h3-7H,1-2H3. The third-order valence-corrected chi connectivity index (χ3v) is 2.90.